The van der Waals surface area contributed by atoms with Crippen molar-refractivity contribution in [2.75, 3.05) is 40.3 Å². The Kier molecular flexibility index (Phi) is 9.36. The number of carbonyl (C=O) groups is 1. The fourth-order valence-electron chi connectivity index (χ4n) is 5.77. The zero-order valence-corrected chi connectivity index (χ0v) is 21.6. The van der Waals surface area contributed by atoms with Crippen LogP contribution in [0.3, 0.4) is 0 Å². The molecule has 1 heterocycles. The van der Waals surface area contributed by atoms with E-state index in [-0.39, 0.29) is 17.9 Å². The molecule has 1 atom stereocenters. The van der Waals surface area contributed by atoms with Gasteiger partial charge in [-0.2, -0.15) is 0 Å². The molecule has 2 fully saturated rings. The summed E-state index contributed by atoms with van der Waals surface area (Å²) in [6, 6.07) is 21.1. The molecular formula is C30H43N3O2. The largest absolute Gasteiger partial charge is 0.359 e. The first-order valence-corrected chi connectivity index (χ1v) is 13.5. The van der Waals surface area contributed by atoms with Crippen LogP contribution in [0.1, 0.15) is 56.1 Å². The van der Waals surface area contributed by atoms with Gasteiger partial charge in [0.15, 0.2) is 5.60 Å². The molecule has 2 aromatic carbocycles. The second-order valence-corrected chi connectivity index (χ2v) is 10.6. The normalized spacial score (nSPS) is 20.0. The number of hydrogen-bond acceptors (Lipinski definition) is 4. The Labute approximate surface area is 211 Å². The number of likely N-dealkylation sites (tertiary alicyclic amines) is 1. The zero-order chi connectivity index (χ0) is 24.5. The van der Waals surface area contributed by atoms with Gasteiger partial charge in [-0.1, -0.05) is 79.9 Å². The van der Waals surface area contributed by atoms with E-state index in [4.69, 9.17) is 4.74 Å². The predicted octanol–water partition coefficient (Wildman–Crippen LogP) is 4.82. The van der Waals surface area contributed by atoms with E-state index in [0.717, 1.165) is 57.4 Å². The zero-order valence-electron chi connectivity index (χ0n) is 21.6. The molecule has 5 nitrogen and oxygen atoms in total. The molecule has 0 radical (unpaired) electrons. The van der Waals surface area contributed by atoms with Crippen LogP contribution in [0.15, 0.2) is 60.7 Å². The summed E-state index contributed by atoms with van der Waals surface area (Å²) in [4.78, 5) is 18.8. The summed E-state index contributed by atoms with van der Waals surface area (Å²) >= 11 is 0. The van der Waals surface area contributed by atoms with Crippen molar-refractivity contribution in [1.29, 1.82) is 0 Å². The van der Waals surface area contributed by atoms with Gasteiger partial charge < -0.3 is 15.0 Å². The first-order chi connectivity index (χ1) is 17.1. The molecule has 1 unspecified atom stereocenters. The number of piperidine rings is 1. The van der Waals surface area contributed by atoms with E-state index in [9.17, 15) is 4.79 Å². The van der Waals surface area contributed by atoms with Crippen LogP contribution < -0.4 is 5.32 Å². The van der Waals surface area contributed by atoms with Crippen molar-refractivity contribution in [3.8, 4) is 0 Å². The topological polar surface area (TPSA) is 44.8 Å². The van der Waals surface area contributed by atoms with Crippen molar-refractivity contribution in [2.24, 2.45) is 5.92 Å². The van der Waals surface area contributed by atoms with Crippen LogP contribution in [0.25, 0.3) is 0 Å². The maximum absolute atomic E-state index is 14.2. The molecule has 5 heteroatoms. The molecule has 2 aliphatic rings. The Morgan fingerprint density at radius 1 is 0.943 bits per heavy atom. The van der Waals surface area contributed by atoms with Gasteiger partial charge in [0.05, 0.1) is 6.61 Å². The van der Waals surface area contributed by atoms with Gasteiger partial charge in [0.2, 0.25) is 0 Å². The molecule has 190 valence electrons. The summed E-state index contributed by atoms with van der Waals surface area (Å²) in [5, 5.41) is 3.47. The molecule has 2 aromatic rings. The van der Waals surface area contributed by atoms with E-state index in [2.05, 4.69) is 71.7 Å². The van der Waals surface area contributed by atoms with Crippen LogP contribution >= 0.6 is 0 Å². The summed E-state index contributed by atoms with van der Waals surface area (Å²) in [6.45, 7) is 4.32. The van der Waals surface area contributed by atoms with Crippen LogP contribution in [-0.4, -0.2) is 62.1 Å². The van der Waals surface area contributed by atoms with Crippen molar-refractivity contribution in [1.82, 2.24) is 15.1 Å². The standard InChI is InChI=1S/C30H43N3O2/c1-32(2)22-23-35-30(26-14-8-4-9-15-26,27-16-10-5-11-17-27)29(34)31-28-18-20-33(21-19-28)24-25-12-6-3-7-13-25/h3-4,6-9,12-15,27-28H,5,10-11,16-24H2,1-2H3,(H,31,34). The molecule has 1 amide bonds. The smallest absolute Gasteiger partial charge is 0.257 e. The molecule has 1 aliphatic heterocycles. The average molecular weight is 478 g/mol. The minimum atomic E-state index is -0.918. The van der Waals surface area contributed by atoms with Gasteiger partial charge in [-0.15, -0.1) is 0 Å². The van der Waals surface area contributed by atoms with Crippen LogP contribution in [-0.2, 0) is 21.7 Å². The maximum Gasteiger partial charge on any atom is 0.257 e. The van der Waals surface area contributed by atoms with E-state index in [1.807, 2.05) is 18.2 Å². The maximum atomic E-state index is 14.2. The third-order valence-electron chi connectivity index (χ3n) is 7.76. The van der Waals surface area contributed by atoms with Gasteiger partial charge in [0.25, 0.3) is 5.91 Å². The fourth-order valence-corrected chi connectivity index (χ4v) is 5.77. The van der Waals surface area contributed by atoms with Crippen molar-refractivity contribution in [3.05, 3.63) is 71.8 Å². The Morgan fingerprint density at radius 3 is 2.20 bits per heavy atom. The third kappa shape index (κ3) is 6.72. The number of hydrogen-bond donors (Lipinski definition) is 1. The number of ether oxygens (including phenoxy) is 1. The van der Waals surface area contributed by atoms with E-state index in [1.165, 1.54) is 24.8 Å². The first-order valence-electron chi connectivity index (χ1n) is 13.5. The lowest BCUT2D eigenvalue weighted by Gasteiger charge is -2.43. The average Bonchev–Trinajstić information content (AvgIpc) is 2.89. The summed E-state index contributed by atoms with van der Waals surface area (Å²) in [7, 11) is 4.11. The summed E-state index contributed by atoms with van der Waals surface area (Å²) in [6.07, 6.45) is 7.63. The lowest BCUT2D eigenvalue weighted by atomic mass is 9.72. The Morgan fingerprint density at radius 2 is 1.57 bits per heavy atom. The molecular weight excluding hydrogens is 434 g/mol. The highest BCUT2D eigenvalue weighted by Crippen LogP contribution is 2.43. The molecule has 0 spiro atoms. The van der Waals surface area contributed by atoms with E-state index < -0.39 is 5.60 Å². The summed E-state index contributed by atoms with van der Waals surface area (Å²) < 4.78 is 6.71. The van der Waals surface area contributed by atoms with Gasteiger partial charge in [-0.25, -0.2) is 0 Å². The number of amides is 1. The highest BCUT2D eigenvalue weighted by Gasteiger charge is 2.49. The van der Waals surface area contributed by atoms with Crippen LogP contribution in [0.5, 0.6) is 0 Å². The Bertz CT molecular complexity index is 890. The Hall–Kier alpha value is -2.21. The molecule has 1 aliphatic carbocycles. The molecule has 1 saturated carbocycles. The van der Waals surface area contributed by atoms with Gasteiger partial charge in [-0.3, -0.25) is 9.69 Å². The van der Waals surface area contributed by atoms with Crippen LogP contribution in [0.4, 0.5) is 0 Å². The van der Waals surface area contributed by atoms with Gasteiger partial charge in [0, 0.05) is 38.1 Å². The monoisotopic (exact) mass is 477 g/mol. The van der Waals surface area contributed by atoms with Gasteiger partial charge in [0.1, 0.15) is 0 Å². The predicted molar refractivity (Wildman–Crippen MR) is 142 cm³/mol. The highest BCUT2D eigenvalue weighted by molar-refractivity contribution is 5.87. The third-order valence-corrected chi connectivity index (χ3v) is 7.76. The molecule has 1 N–H and O–H groups in total. The second kappa shape index (κ2) is 12.7. The lowest BCUT2D eigenvalue weighted by molar-refractivity contribution is -0.163. The van der Waals surface area contributed by atoms with Crippen molar-refractivity contribution in [2.45, 2.75) is 63.1 Å². The summed E-state index contributed by atoms with van der Waals surface area (Å²) in [5.74, 6) is 0.273. The van der Waals surface area contributed by atoms with Gasteiger partial charge >= 0.3 is 0 Å². The molecule has 4 rings (SSSR count). The quantitative estimate of drug-likeness (QED) is 0.533. The number of nitrogens with zero attached hydrogens (tertiary/aromatic N) is 2. The Balaban J connectivity index is 1.48. The van der Waals surface area contributed by atoms with Crippen LogP contribution in [0.2, 0.25) is 0 Å². The molecule has 35 heavy (non-hydrogen) atoms. The number of nitrogens with one attached hydrogen (secondary N) is 1. The molecule has 1 saturated heterocycles. The van der Waals surface area contributed by atoms with Crippen molar-refractivity contribution in [3.63, 3.8) is 0 Å². The SMILES string of the molecule is CN(C)CCOC(C(=O)NC1CCN(Cc2ccccc2)CC1)(c1ccccc1)C1CCCCC1. The number of likely N-dealkylation sites (N-methyl/N-ethyl adjacent to an activating group) is 1. The number of benzene rings is 2. The van der Waals surface area contributed by atoms with Gasteiger partial charge in [-0.05, 0) is 50.9 Å². The number of rotatable bonds is 10. The van der Waals surface area contributed by atoms with E-state index >= 15 is 0 Å². The van der Waals surface area contributed by atoms with E-state index in [0.29, 0.717) is 6.61 Å². The first kappa shape index (κ1) is 25.9. The minimum Gasteiger partial charge on any atom is -0.359 e. The highest BCUT2D eigenvalue weighted by atomic mass is 16.5. The summed E-state index contributed by atoms with van der Waals surface area (Å²) in [5.41, 5.74) is 1.44. The lowest BCUT2D eigenvalue weighted by Crippen LogP contribution is -2.56. The fraction of sp³-hybridized carbons (Fsp3) is 0.567. The molecule has 0 bridgehead atoms. The molecule has 0 aromatic heterocycles. The minimum absolute atomic E-state index is 0.0656. The van der Waals surface area contributed by atoms with Crippen LogP contribution in [0, 0.1) is 5.92 Å². The van der Waals surface area contributed by atoms with Crippen molar-refractivity contribution >= 4 is 5.91 Å². The van der Waals surface area contributed by atoms with E-state index in [1.54, 1.807) is 0 Å². The van der Waals surface area contributed by atoms with Crippen molar-refractivity contribution < 1.29 is 9.53 Å². The number of carbonyl (C=O) groups excluding carboxylic acids is 1. The second-order valence-electron chi connectivity index (χ2n) is 10.6.